The van der Waals surface area contributed by atoms with E-state index < -0.39 is 0 Å². The van der Waals surface area contributed by atoms with Gasteiger partial charge in [0, 0.05) is 37.6 Å². The number of carbonyl (C=O) groups excluding carboxylic acids is 2. The molecule has 0 bridgehead atoms. The Balaban J connectivity index is 1.48. The molecule has 2 amide bonds. The van der Waals surface area contributed by atoms with Gasteiger partial charge in [-0.2, -0.15) is 0 Å². The first-order valence-electron chi connectivity index (χ1n) is 8.68. The van der Waals surface area contributed by atoms with Crippen LogP contribution in [-0.2, 0) is 0 Å². The van der Waals surface area contributed by atoms with Crippen LogP contribution < -0.4 is 5.32 Å². The maximum Gasteiger partial charge on any atom is 0.254 e. The highest BCUT2D eigenvalue weighted by Gasteiger charge is 2.24. The second-order valence-electron chi connectivity index (χ2n) is 6.50. The zero-order valence-corrected chi connectivity index (χ0v) is 14.4. The lowest BCUT2D eigenvalue weighted by molar-refractivity contribution is 0.0683. The van der Waals surface area contributed by atoms with Crippen molar-refractivity contribution >= 4 is 11.8 Å². The largest absolute Gasteiger partial charge is 0.352 e. The monoisotopic (exact) mass is 337 g/mol. The van der Waals surface area contributed by atoms with Gasteiger partial charge in [-0.25, -0.2) is 0 Å². The molecule has 0 spiro atoms. The number of aryl methyl sites for hydroxylation is 1. The van der Waals surface area contributed by atoms with Crippen LogP contribution in [0.3, 0.4) is 0 Å². The summed E-state index contributed by atoms with van der Waals surface area (Å²) in [5.74, 6) is 0.420. The summed E-state index contributed by atoms with van der Waals surface area (Å²) < 4.78 is 0. The summed E-state index contributed by atoms with van der Waals surface area (Å²) in [5, 5.41) is 2.97. The molecule has 0 radical (unpaired) electrons. The molecule has 0 saturated carbocycles. The van der Waals surface area contributed by atoms with Crippen molar-refractivity contribution in [1.82, 2.24) is 15.2 Å². The molecule has 2 aromatic rings. The highest BCUT2D eigenvalue weighted by molar-refractivity contribution is 5.95. The second-order valence-corrected chi connectivity index (χ2v) is 6.50. The molecule has 1 N–H and O–H groups in total. The molecule has 1 saturated heterocycles. The van der Waals surface area contributed by atoms with Crippen LogP contribution in [0.1, 0.15) is 39.1 Å². The van der Waals surface area contributed by atoms with E-state index in [1.807, 2.05) is 36.1 Å². The van der Waals surface area contributed by atoms with Crippen molar-refractivity contribution in [1.29, 1.82) is 0 Å². The summed E-state index contributed by atoms with van der Waals surface area (Å²) in [7, 11) is 0. The molecule has 2 heterocycles. The van der Waals surface area contributed by atoms with Crippen molar-refractivity contribution in [3.63, 3.8) is 0 Å². The van der Waals surface area contributed by atoms with Crippen LogP contribution in [0, 0.1) is 12.8 Å². The molecule has 5 nitrogen and oxygen atoms in total. The molecular weight excluding hydrogens is 314 g/mol. The summed E-state index contributed by atoms with van der Waals surface area (Å²) in [4.78, 5) is 30.6. The van der Waals surface area contributed by atoms with E-state index in [4.69, 9.17) is 0 Å². The number of aromatic nitrogens is 1. The Labute approximate surface area is 148 Å². The Morgan fingerprint density at radius 1 is 1.16 bits per heavy atom. The summed E-state index contributed by atoms with van der Waals surface area (Å²) in [6.07, 6.45) is 5.03. The van der Waals surface area contributed by atoms with E-state index in [2.05, 4.69) is 10.3 Å². The minimum absolute atomic E-state index is 0.0912. The van der Waals surface area contributed by atoms with Crippen molar-refractivity contribution in [2.24, 2.45) is 5.92 Å². The summed E-state index contributed by atoms with van der Waals surface area (Å²) >= 11 is 0. The zero-order chi connectivity index (χ0) is 17.6. The van der Waals surface area contributed by atoms with Crippen LogP contribution in [0.5, 0.6) is 0 Å². The van der Waals surface area contributed by atoms with E-state index >= 15 is 0 Å². The number of hydrogen-bond donors (Lipinski definition) is 1. The molecule has 1 fully saturated rings. The third-order valence-electron chi connectivity index (χ3n) is 4.75. The Morgan fingerprint density at radius 3 is 2.60 bits per heavy atom. The van der Waals surface area contributed by atoms with Crippen molar-refractivity contribution in [2.45, 2.75) is 19.8 Å². The molecular formula is C20H23N3O2. The topological polar surface area (TPSA) is 62.3 Å². The number of carbonyl (C=O) groups is 2. The van der Waals surface area contributed by atoms with E-state index in [0.717, 1.165) is 37.1 Å². The van der Waals surface area contributed by atoms with Gasteiger partial charge in [0.1, 0.15) is 0 Å². The van der Waals surface area contributed by atoms with E-state index in [0.29, 0.717) is 18.0 Å². The second kappa shape index (κ2) is 7.92. The van der Waals surface area contributed by atoms with E-state index in [1.54, 1.807) is 24.5 Å². The maximum atomic E-state index is 12.6. The molecule has 0 unspecified atom stereocenters. The highest BCUT2D eigenvalue weighted by Crippen LogP contribution is 2.20. The number of pyridine rings is 1. The lowest BCUT2D eigenvalue weighted by atomic mass is 9.95. The molecule has 3 rings (SSSR count). The Hall–Kier alpha value is -2.69. The molecule has 1 aromatic heterocycles. The number of amides is 2. The van der Waals surface area contributed by atoms with Crippen LogP contribution in [0.25, 0.3) is 0 Å². The van der Waals surface area contributed by atoms with Crippen molar-refractivity contribution in [3.8, 4) is 0 Å². The van der Waals surface area contributed by atoms with Crippen LogP contribution in [0.4, 0.5) is 0 Å². The fourth-order valence-corrected chi connectivity index (χ4v) is 3.16. The molecule has 130 valence electrons. The van der Waals surface area contributed by atoms with Crippen LogP contribution in [0.15, 0.2) is 48.8 Å². The summed E-state index contributed by atoms with van der Waals surface area (Å²) in [6, 6.07) is 11.2. The van der Waals surface area contributed by atoms with Crippen molar-refractivity contribution in [3.05, 3.63) is 65.5 Å². The number of benzene rings is 1. The van der Waals surface area contributed by atoms with Gasteiger partial charge in [0.2, 0.25) is 0 Å². The highest BCUT2D eigenvalue weighted by atomic mass is 16.2. The standard InChI is InChI=1S/C20H23N3O2/c1-15-5-2-3-7-18(15)20(25)23-11-8-16(9-12-23)13-22-19(24)17-6-4-10-21-14-17/h2-7,10,14,16H,8-9,11-13H2,1H3,(H,22,24). The number of nitrogens with zero attached hydrogens (tertiary/aromatic N) is 2. The Morgan fingerprint density at radius 2 is 1.92 bits per heavy atom. The van der Waals surface area contributed by atoms with Gasteiger partial charge in [0.15, 0.2) is 0 Å². The lowest BCUT2D eigenvalue weighted by Gasteiger charge is -2.32. The third kappa shape index (κ3) is 4.24. The predicted octanol–water partition coefficient (Wildman–Crippen LogP) is 2.67. The van der Waals surface area contributed by atoms with E-state index in [-0.39, 0.29) is 11.8 Å². The first kappa shape index (κ1) is 17.1. The Bertz CT molecular complexity index is 738. The first-order valence-corrected chi connectivity index (χ1v) is 8.68. The SMILES string of the molecule is Cc1ccccc1C(=O)N1CCC(CNC(=O)c2cccnc2)CC1. The fraction of sp³-hybridized carbons (Fsp3) is 0.350. The number of piperidine rings is 1. The zero-order valence-electron chi connectivity index (χ0n) is 14.4. The molecule has 1 aliphatic rings. The van der Waals surface area contributed by atoms with Gasteiger partial charge >= 0.3 is 0 Å². The predicted molar refractivity (Wildman–Crippen MR) is 96.4 cm³/mol. The quantitative estimate of drug-likeness (QED) is 0.933. The molecule has 0 atom stereocenters. The number of likely N-dealkylation sites (tertiary alicyclic amines) is 1. The van der Waals surface area contributed by atoms with Gasteiger partial charge in [-0.1, -0.05) is 18.2 Å². The molecule has 0 aliphatic carbocycles. The number of hydrogen-bond acceptors (Lipinski definition) is 3. The molecule has 1 aliphatic heterocycles. The van der Waals surface area contributed by atoms with Crippen LogP contribution >= 0.6 is 0 Å². The van der Waals surface area contributed by atoms with Gasteiger partial charge in [0.05, 0.1) is 5.56 Å². The van der Waals surface area contributed by atoms with Gasteiger partial charge in [-0.3, -0.25) is 14.6 Å². The summed E-state index contributed by atoms with van der Waals surface area (Å²) in [6.45, 7) is 4.08. The average molecular weight is 337 g/mol. The molecule has 25 heavy (non-hydrogen) atoms. The first-order chi connectivity index (χ1) is 12.1. The van der Waals surface area contributed by atoms with Crippen LogP contribution in [-0.4, -0.2) is 41.3 Å². The van der Waals surface area contributed by atoms with Gasteiger partial charge in [-0.05, 0) is 49.4 Å². The smallest absolute Gasteiger partial charge is 0.254 e. The van der Waals surface area contributed by atoms with E-state index in [9.17, 15) is 9.59 Å². The fourth-order valence-electron chi connectivity index (χ4n) is 3.16. The van der Waals surface area contributed by atoms with Crippen molar-refractivity contribution < 1.29 is 9.59 Å². The third-order valence-corrected chi connectivity index (χ3v) is 4.75. The maximum absolute atomic E-state index is 12.6. The van der Waals surface area contributed by atoms with Gasteiger partial charge in [-0.15, -0.1) is 0 Å². The van der Waals surface area contributed by atoms with E-state index in [1.165, 1.54) is 0 Å². The lowest BCUT2D eigenvalue weighted by Crippen LogP contribution is -2.41. The minimum atomic E-state index is -0.0912. The number of nitrogens with one attached hydrogen (secondary N) is 1. The normalized spacial score (nSPS) is 15.0. The number of rotatable bonds is 4. The minimum Gasteiger partial charge on any atom is -0.352 e. The molecule has 5 heteroatoms. The Kier molecular flexibility index (Phi) is 5.43. The molecule has 1 aromatic carbocycles. The van der Waals surface area contributed by atoms with Crippen LogP contribution in [0.2, 0.25) is 0 Å². The summed E-state index contributed by atoms with van der Waals surface area (Å²) in [5.41, 5.74) is 2.37. The van der Waals surface area contributed by atoms with Crippen molar-refractivity contribution in [2.75, 3.05) is 19.6 Å². The van der Waals surface area contributed by atoms with Gasteiger partial charge < -0.3 is 10.2 Å². The average Bonchev–Trinajstić information content (AvgIpc) is 2.67. The van der Waals surface area contributed by atoms with Gasteiger partial charge in [0.25, 0.3) is 11.8 Å².